The minimum atomic E-state index is -1.48. The molecular weight excluding hydrogens is 755 g/mol. The van der Waals surface area contributed by atoms with Crippen LogP contribution < -0.4 is 5.32 Å². The van der Waals surface area contributed by atoms with Gasteiger partial charge in [0.2, 0.25) is 5.91 Å². The third-order valence-corrected chi connectivity index (χ3v) is 13.3. The molecule has 0 spiro atoms. The molecule has 358 valence electrons. The van der Waals surface area contributed by atoms with E-state index >= 15 is 0 Å². The lowest BCUT2D eigenvalue weighted by Crippen LogP contribution is -2.59. The van der Waals surface area contributed by atoms with E-state index in [9.17, 15) is 35.4 Å². The third-order valence-electron chi connectivity index (χ3n) is 13.3. The summed E-state index contributed by atoms with van der Waals surface area (Å²) in [6, 6.07) is -0.762. The topological polar surface area (TPSA) is 160 Å². The van der Waals surface area contributed by atoms with Crippen LogP contribution in [0.15, 0.2) is 0 Å². The monoisotopic (exact) mass is 856 g/mol. The molecule has 1 fully saturated rings. The summed E-state index contributed by atoms with van der Waals surface area (Å²) in [6.07, 6.45) is 37.6. The Balaban J connectivity index is 2.26. The van der Waals surface area contributed by atoms with Crippen molar-refractivity contribution in [2.75, 3.05) is 6.61 Å². The van der Waals surface area contributed by atoms with Crippen molar-refractivity contribution in [3.63, 3.8) is 0 Å². The van der Waals surface area contributed by atoms with Crippen molar-refractivity contribution >= 4 is 5.91 Å². The number of hydrogen-bond donors (Lipinski definition) is 7. The summed E-state index contributed by atoms with van der Waals surface area (Å²) >= 11 is 0. The van der Waals surface area contributed by atoms with Crippen LogP contribution in [-0.4, -0.2) is 91.9 Å². The summed E-state index contributed by atoms with van der Waals surface area (Å²) < 4.78 is 5.69. The van der Waals surface area contributed by atoms with E-state index in [-0.39, 0.29) is 18.7 Å². The summed E-state index contributed by atoms with van der Waals surface area (Å²) in [5, 5.41) is 65.8. The molecule has 0 aliphatic carbocycles. The van der Waals surface area contributed by atoms with Crippen LogP contribution in [0.2, 0.25) is 0 Å². The Morgan fingerprint density at radius 3 is 1.17 bits per heavy atom. The Hall–Kier alpha value is -0.810. The Labute approximate surface area is 370 Å². The molecule has 1 saturated heterocycles. The van der Waals surface area contributed by atoms with Crippen LogP contribution in [0.25, 0.3) is 0 Å². The number of aliphatic hydroxyl groups is 6. The molecule has 1 heterocycles. The maximum absolute atomic E-state index is 13.1. The van der Waals surface area contributed by atoms with Gasteiger partial charge in [0.05, 0.1) is 31.0 Å². The molecule has 60 heavy (non-hydrogen) atoms. The van der Waals surface area contributed by atoms with Crippen molar-refractivity contribution in [1.29, 1.82) is 0 Å². The van der Waals surface area contributed by atoms with E-state index in [0.717, 1.165) is 38.5 Å². The number of carbonyl (C=O) groups excluding carboxylic acids is 1. The fraction of sp³-hybridized carbons (Fsp3) is 0.980. The predicted octanol–water partition coefficient (Wildman–Crippen LogP) is 11.3. The van der Waals surface area contributed by atoms with E-state index in [1.807, 2.05) is 0 Å². The molecule has 1 unspecified atom stereocenters. The lowest BCUT2D eigenvalue weighted by Gasteiger charge is -2.40. The fourth-order valence-corrected chi connectivity index (χ4v) is 9.07. The second-order valence-electron chi connectivity index (χ2n) is 18.9. The highest BCUT2D eigenvalue weighted by atomic mass is 16.5. The van der Waals surface area contributed by atoms with Gasteiger partial charge in [-0.2, -0.15) is 0 Å². The number of aliphatic hydroxyl groups excluding tert-OH is 6. The molecule has 9 heteroatoms. The normalized spacial score (nSPS) is 21.0. The zero-order chi connectivity index (χ0) is 43.9. The van der Waals surface area contributed by atoms with Gasteiger partial charge in [-0.25, -0.2) is 0 Å². The van der Waals surface area contributed by atoms with Crippen molar-refractivity contribution < 1.29 is 40.2 Å². The minimum Gasteiger partial charge on any atom is -0.394 e. The molecule has 0 saturated carbocycles. The van der Waals surface area contributed by atoms with Crippen LogP contribution in [0.1, 0.15) is 264 Å². The van der Waals surface area contributed by atoms with Gasteiger partial charge in [-0.05, 0) is 25.7 Å². The maximum atomic E-state index is 13.1. The quantitative estimate of drug-likeness (QED) is 0.0298. The van der Waals surface area contributed by atoms with Gasteiger partial charge in [-0.3, -0.25) is 4.79 Å². The van der Waals surface area contributed by atoms with Gasteiger partial charge in [-0.15, -0.1) is 0 Å². The van der Waals surface area contributed by atoms with Crippen molar-refractivity contribution in [1.82, 2.24) is 5.32 Å². The number of nitrogens with one attached hydrogen (secondary N) is 1. The molecule has 1 aliphatic rings. The average molecular weight is 856 g/mol. The van der Waals surface area contributed by atoms with Crippen LogP contribution in [0.4, 0.5) is 0 Å². The first kappa shape index (κ1) is 57.2. The molecule has 0 radical (unpaired) electrons. The average Bonchev–Trinajstić information content (AvgIpc) is 3.25. The third kappa shape index (κ3) is 30.3. The molecule has 0 aromatic heterocycles. The second-order valence-corrected chi connectivity index (χ2v) is 18.9. The molecule has 1 rings (SSSR count). The van der Waals surface area contributed by atoms with Gasteiger partial charge in [0.1, 0.15) is 24.4 Å². The zero-order valence-corrected chi connectivity index (χ0v) is 39.4. The first-order valence-electron chi connectivity index (χ1n) is 26.2. The summed E-state index contributed by atoms with van der Waals surface area (Å²) in [5.74, 6) is -0.172. The van der Waals surface area contributed by atoms with Gasteiger partial charge in [0.25, 0.3) is 0 Å². The maximum Gasteiger partial charge on any atom is 0.220 e. The van der Waals surface area contributed by atoms with Crippen LogP contribution >= 0.6 is 0 Å². The number of rotatable bonds is 44. The summed E-state index contributed by atoms with van der Waals surface area (Å²) in [4.78, 5) is 13.1. The number of hydrogen-bond acceptors (Lipinski definition) is 8. The first-order chi connectivity index (χ1) is 29.3. The predicted molar refractivity (Wildman–Crippen MR) is 249 cm³/mol. The highest BCUT2D eigenvalue weighted by Crippen LogP contribution is 2.26. The van der Waals surface area contributed by atoms with Crippen LogP contribution in [0.3, 0.4) is 0 Å². The Bertz CT molecular complexity index is 924. The van der Waals surface area contributed by atoms with Gasteiger partial charge in [0.15, 0.2) is 0 Å². The van der Waals surface area contributed by atoms with Crippen LogP contribution in [0.5, 0.6) is 0 Å². The summed E-state index contributed by atoms with van der Waals surface area (Å²) in [5.41, 5.74) is 0. The van der Waals surface area contributed by atoms with E-state index in [1.165, 1.54) is 186 Å². The number of unbranched alkanes of at least 4 members (excludes halogenated alkanes) is 33. The van der Waals surface area contributed by atoms with Gasteiger partial charge in [0, 0.05) is 6.42 Å². The molecule has 0 bridgehead atoms. The van der Waals surface area contributed by atoms with Gasteiger partial charge in [-0.1, -0.05) is 232 Å². The SMILES string of the molecule is CCCCCCCCCCCCCCCCCCCCCCCCCC(=O)NC(CC[C@H]1O[C@H](CO)[C@H](O)[C@H](O)[C@H]1O)[C@H](O)[C@H](O)CCCCCCCCCCCCCC. The Kier molecular flexibility index (Phi) is 39.0. The Morgan fingerprint density at radius 2 is 0.800 bits per heavy atom. The van der Waals surface area contributed by atoms with E-state index < -0.39 is 55.4 Å². The first-order valence-corrected chi connectivity index (χ1v) is 26.2. The zero-order valence-electron chi connectivity index (χ0n) is 39.4. The lowest BCUT2D eigenvalue weighted by molar-refractivity contribution is -0.231. The molecule has 0 aromatic carbocycles. The number of amides is 1. The molecule has 0 aromatic rings. The Morgan fingerprint density at radius 1 is 0.467 bits per heavy atom. The van der Waals surface area contributed by atoms with E-state index in [1.54, 1.807) is 0 Å². The van der Waals surface area contributed by atoms with Crippen molar-refractivity contribution in [2.24, 2.45) is 0 Å². The van der Waals surface area contributed by atoms with Crippen LogP contribution in [0, 0.1) is 0 Å². The number of ether oxygens (including phenoxy) is 1. The molecule has 9 nitrogen and oxygen atoms in total. The van der Waals surface area contributed by atoms with Gasteiger partial charge < -0.3 is 40.7 Å². The largest absolute Gasteiger partial charge is 0.394 e. The van der Waals surface area contributed by atoms with E-state index in [2.05, 4.69) is 19.2 Å². The van der Waals surface area contributed by atoms with Crippen molar-refractivity contribution in [2.45, 2.75) is 313 Å². The molecule has 1 aliphatic heterocycles. The standard InChI is InChI=1S/C51H101NO8/c1-3-5-7-9-11-13-15-17-18-19-20-21-22-23-24-25-26-27-29-31-33-35-37-39-47(55)52-43(40-41-45-49(57)51(59)50(58)46(42-53)60-45)48(56)44(54)38-36-34-32-30-28-16-14-12-10-8-6-4-2/h43-46,48-51,53-54,56-59H,3-42H2,1-2H3,(H,52,55)/t43?,44-,45-,46-,48+,49+,50+,51-/m1/s1. The molecule has 8 atom stereocenters. The highest BCUT2D eigenvalue weighted by molar-refractivity contribution is 5.76. The van der Waals surface area contributed by atoms with Crippen molar-refractivity contribution in [3.8, 4) is 0 Å². The smallest absolute Gasteiger partial charge is 0.220 e. The molecule has 7 N–H and O–H groups in total. The summed E-state index contributed by atoms with van der Waals surface area (Å²) in [7, 11) is 0. The highest BCUT2D eigenvalue weighted by Gasteiger charge is 2.43. The van der Waals surface area contributed by atoms with Crippen molar-refractivity contribution in [3.05, 3.63) is 0 Å². The number of carbonyl (C=O) groups is 1. The molecule has 1 amide bonds. The van der Waals surface area contributed by atoms with Crippen LogP contribution in [-0.2, 0) is 9.53 Å². The molecular formula is C51H101NO8. The minimum absolute atomic E-state index is 0.161. The lowest BCUT2D eigenvalue weighted by atomic mass is 9.90. The fourth-order valence-electron chi connectivity index (χ4n) is 9.07. The second kappa shape index (κ2) is 40.9. The van der Waals surface area contributed by atoms with Gasteiger partial charge >= 0.3 is 0 Å². The summed E-state index contributed by atoms with van der Waals surface area (Å²) in [6.45, 7) is 4.02. The van der Waals surface area contributed by atoms with E-state index in [0.29, 0.717) is 12.8 Å². The van der Waals surface area contributed by atoms with E-state index in [4.69, 9.17) is 4.74 Å².